The van der Waals surface area contributed by atoms with E-state index in [4.69, 9.17) is 4.74 Å². The van der Waals surface area contributed by atoms with E-state index in [0.29, 0.717) is 5.92 Å². The van der Waals surface area contributed by atoms with Gasteiger partial charge in [0.15, 0.2) is 0 Å². The fourth-order valence-corrected chi connectivity index (χ4v) is 2.91. The van der Waals surface area contributed by atoms with E-state index in [2.05, 4.69) is 35.4 Å². The quantitative estimate of drug-likeness (QED) is 0.917. The number of aryl methyl sites for hydroxylation is 1. The number of pyridine rings is 1. The second-order valence-electron chi connectivity index (χ2n) is 5.31. The van der Waals surface area contributed by atoms with Crippen LogP contribution in [-0.2, 0) is 0 Å². The number of nitrogens with one attached hydrogen (secondary N) is 1. The third-order valence-corrected chi connectivity index (χ3v) is 3.98. The van der Waals surface area contributed by atoms with Gasteiger partial charge in [-0.1, -0.05) is 18.2 Å². The van der Waals surface area contributed by atoms with Crippen molar-refractivity contribution in [3.8, 4) is 16.9 Å². The van der Waals surface area contributed by atoms with Crippen LogP contribution in [0, 0.1) is 6.92 Å². The van der Waals surface area contributed by atoms with Crippen LogP contribution in [0.4, 0.5) is 0 Å². The largest absolute Gasteiger partial charge is 0.493 e. The summed E-state index contributed by atoms with van der Waals surface area (Å²) in [4.78, 5) is 4.26. The van der Waals surface area contributed by atoms with Gasteiger partial charge >= 0.3 is 0 Å². The Kier molecular flexibility index (Phi) is 7.14. The van der Waals surface area contributed by atoms with Crippen molar-refractivity contribution in [2.24, 2.45) is 0 Å². The highest BCUT2D eigenvalue weighted by molar-refractivity contribution is 5.85. The van der Waals surface area contributed by atoms with Gasteiger partial charge in [0, 0.05) is 36.0 Å². The molecule has 1 aromatic carbocycles. The van der Waals surface area contributed by atoms with Crippen molar-refractivity contribution in [1.29, 1.82) is 0 Å². The van der Waals surface area contributed by atoms with E-state index in [0.717, 1.165) is 36.4 Å². The van der Waals surface area contributed by atoms with Crippen LogP contribution in [0.2, 0.25) is 0 Å². The molecule has 3 nitrogen and oxygen atoms in total. The van der Waals surface area contributed by atoms with Crippen molar-refractivity contribution in [3.63, 3.8) is 0 Å². The first-order valence-corrected chi connectivity index (χ1v) is 7.12. The molecule has 1 N–H and O–H groups in total. The zero-order chi connectivity index (χ0) is 13.9. The summed E-state index contributed by atoms with van der Waals surface area (Å²) >= 11 is 0. The molecule has 2 heterocycles. The number of likely N-dealkylation sites (N-methyl/N-ethyl adjacent to an activating group) is 1. The number of halogens is 2. The first-order chi connectivity index (χ1) is 9.81. The summed E-state index contributed by atoms with van der Waals surface area (Å²) in [5.41, 5.74) is 4.86. The maximum atomic E-state index is 5.99. The standard InChI is InChI=1S/C17H20N2O.2ClH/c1-12-6-8-19-11-16(12)15-5-3-4-14-13(10-18-2)7-9-20-17(14)15;;/h3-6,8,11,13,18H,7,9-10H2,1-2H3;2*1H/t13-;;/m0../s1. The normalized spacial score (nSPS) is 15.8. The molecular formula is C17H22Cl2N2O. The summed E-state index contributed by atoms with van der Waals surface area (Å²) in [6, 6.07) is 8.48. The first-order valence-electron chi connectivity index (χ1n) is 7.12. The van der Waals surface area contributed by atoms with E-state index in [1.165, 1.54) is 11.1 Å². The van der Waals surface area contributed by atoms with Gasteiger partial charge < -0.3 is 10.1 Å². The Morgan fingerprint density at radius 2 is 2.05 bits per heavy atom. The zero-order valence-electron chi connectivity index (χ0n) is 12.8. The van der Waals surface area contributed by atoms with Gasteiger partial charge in [0.05, 0.1) is 6.61 Å². The highest BCUT2D eigenvalue weighted by Gasteiger charge is 2.23. The summed E-state index contributed by atoms with van der Waals surface area (Å²) in [6.45, 7) is 3.89. The second-order valence-corrected chi connectivity index (χ2v) is 5.31. The van der Waals surface area contributed by atoms with Crippen LogP contribution in [-0.4, -0.2) is 25.2 Å². The summed E-state index contributed by atoms with van der Waals surface area (Å²) in [5.74, 6) is 1.57. The summed E-state index contributed by atoms with van der Waals surface area (Å²) in [6.07, 6.45) is 4.83. The Morgan fingerprint density at radius 3 is 2.77 bits per heavy atom. The number of ether oxygens (including phenoxy) is 1. The molecule has 5 heteroatoms. The van der Waals surface area contributed by atoms with Crippen LogP contribution in [0.25, 0.3) is 11.1 Å². The number of rotatable bonds is 3. The molecule has 0 radical (unpaired) electrons. The Bertz CT molecular complexity index is 619. The van der Waals surface area contributed by atoms with E-state index in [1.807, 2.05) is 25.5 Å². The molecule has 0 unspecified atom stereocenters. The van der Waals surface area contributed by atoms with E-state index in [9.17, 15) is 0 Å². The molecular weight excluding hydrogens is 319 g/mol. The van der Waals surface area contributed by atoms with Gasteiger partial charge in [-0.15, -0.1) is 24.8 Å². The van der Waals surface area contributed by atoms with Crippen LogP contribution in [0.1, 0.15) is 23.5 Å². The Hall–Kier alpha value is -1.29. The van der Waals surface area contributed by atoms with Crippen molar-refractivity contribution >= 4 is 24.8 Å². The van der Waals surface area contributed by atoms with Gasteiger partial charge in [0.25, 0.3) is 0 Å². The minimum Gasteiger partial charge on any atom is -0.493 e. The van der Waals surface area contributed by atoms with Gasteiger partial charge in [-0.3, -0.25) is 4.98 Å². The lowest BCUT2D eigenvalue weighted by molar-refractivity contribution is 0.267. The molecule has 2 aromatic rings. The van der Waals surface area contributed by atoms with Gasteiger partial charge in [0.2, 0.25) is 0 Å². The maximum absolute atomic E-state index is 5.99. The van der Waals surface area contributed by atoms with Crippen LogP contribution < -0.4 is 10.1 Å². The number of aromatic nitrogens is 1. The molecule has 1 aliphatic rings. The zero-order valence-corrected chi connectivity index (χ0v) is 14.5. The highest BCUT2D eigenvalue weighted by atomic mass is 35.5. The minimum absolute atomic E-state index is 0. The fourth-order valence-electron chi connectivity index (χ4n) is 2.91. The maximum Gasteiger partial charge on any atom is 0.130 e. The van der Waals surface area contributed by atoms with Crippen molar-refractivity contribution in [3.05, 3.63) is 47.8 Å². The lowest BCUT2D eigenvalue weighted by atomic mass is 9.89. The molecule has 0 saturated carbocycles. The average Bonchev–Trinajstić information content (AvgIpc) is 2.48. The summed E-state index contributed by atoms with van der Waals surface area (Å²) in [7, 11) is 2.00. The van der Waals surface area contributed by atoms with E-state index in [-0.39, 0.29) is 24.8 Å². The summed E-state index contributed by atoms with van der Waals surface area (Å²) in [5, 5.41) is 3.28. The molecule has 0 aliphatic carbocycles. The molecule has 3 rings (SSSR count). The third kappa shape index (κ3) is 3.54. The molecule has 22 heavy (non-hydrogen) atoms. The van der Waals surface area contributed by atoms with Gasteiger partial charge in [-0.2, -0.15) is 0 Å². The van der Waals surface area contributed by atoms with Gasteiger partial charge in [-0.25, -0.2) is 0 Å². The molecule has 0 amide bonds. The fraction of sp³-hybridized carbons (Fsp3) is 0.353. The molecule has 1 aliphatic heterocycles. The van der Waals surface area contributed by atoms with Gasteiger partial charge in [-0.05, 0) is 37.6 Å². The topological polar surface area (TPSA) is 34.1 Å². The number of para-hydroxylation sites is 1. The Labute approximate surface area is 144 Å². The van der Waals surface area contributed by atoms with E-state index < -0.39 is 0 Å². The number of benzene rings is 1. The predicted molar refractivity (Wildman–Crippen MR) is 95.7 cm³/mol. The third-order valence-electron chi connectivity index (χ3n) is 3.98. The van der Waals surface area contributed by atoms with Crippen molar-refractivity contribution < 1.29 is 4.74 Å². The van der Waals surface area contributed by atoms with E-state index in [1.54, 1.807) is 0 Å². The second kappa shape index (κ2) is 8.37. The van der Waals surface area contributed by atoms with Crippen molar-refractivity contribution in [1.82, 2.24) is 10.3 Å². The Balaban J connectivity index is 0.00000121. The molecule has 0 spiro atoms. The molecule has 1 aromatic heterocycles. The molecule has 120 valence electrons. The summed E-state index contributed by atoms with van der Waals surface area (Å²) < 4.78 is 5.99. The lowest BCUT2D eigenvalue weighted by Crippen LogP contribution is -2.23. The lowest BCUT2D eigenvalue weighted by Gasteiger charge is -2.28. The highest BCUT2D eigenvalue weighted by Crippen LogP contribution is 2.41. The minimum atomic E-state index is 0. The van der Waals surface area contributed by atoms with Crippen molar-refractivity contribution in [2.75, 3.05) is 20.2 Å². The number of fused-ring (bicyclic) bond motifs is 1. The SMILES string of the molecule is CNC[C@@H]1CCOc2c(-c3cnccc3C)cccc21.Cl.Cl. The Morgan fingerprint density at radius 1 is 1.23 bits per heavy atom. The van der Waals surface area contributed by atoms with Gasteiger partial charge in [0.1, 0.15) is 5.75 Å². The molecule has 0 fully saturated rings. The number of hydrogen-bond donors (Lipinski definition) is 1. The predicted octanol–water partition coefficient (Wildman–Crippen LogP) is 3.99. The molecule has 0 saturated heterocycles. The number of nitrogens with zero attached hydrogens (tertiary/aromatic N) is 1. The number of hydrogen-bond acceptors (Lipinski definition) is 3. The smallest absolute Gasteiger partial charge is 0.130 e. The van der Waals surface area contributed by atoms with Crippen molar-refractivity contribution in [2.45, 2.75) is 19.3 Å². The van der Waals surface area contributed by atoms with Crippen LogP contribution >= 0.6 is 24.8 Å². The van der Waals surface area contributed by atoms with E-state index >= 15 is 0 Å². The first kappa shape index (κ1) is 18.8. The van der Waals surface area contributed by atoms with Crippen LogP contribution in [0.5, 0.6) is 5.75 Å². The van der Waals surface area contributed by atoms with Crippen LogP contribution in [0.3, 0.4) is 0 Å². The monoisotopic (exact) mass is 340 g/mol. The molecule has 1 atom stereocenters. The average molecular weight is 341 g/mol. The molecule has 0 bridgehead atoms. The van der Waals surface area contributed by atoms with Crippen LogP contribution in [0.15, 0.2) is 36.7 Å².